The topological polar surface area (TPSA) is 22.2 Å². The van der Waals surface area contributed by atoms with Crippen LogP contribution >= 0.6 is 15.9 Å². The van der Waals surface area contributed by atoms with E-state index in [9.17, 15) is 0 Å². The van der Waals surface area contributed by atoms with Crippen LogP contribution in [0.3, 0.4) is 0 Å². The maximum atomic E-state index is 4.88. The number of halogens is 1. The van der Waals surface area contributed by atoms with E-state index in [4.69, 9.17) is 4.98 Å². The third-order valence-corrected chi connectivity index (χ3v) is 5.10. The molecule has 25 heavy (non-hydrogen) atoms. The number of para-hydroxylation sites is 3. The van der Waals surface area contributed by atoms with E-state index in [2.05, 4.69) is 85.7 Å². The van der Waals surface area contributed by atoms with Gasteiger partial charge in [-0.25, -0.2) is 4.98 Å². The van der Waals surface area contributed by atoms with E-state index >= 15 is 0 Å². The van der Waals surface area contributed by atoms with Crippen LogP contribution in [0, 0.1) is 0 Å². The van der Waals surface area contributed by atoms with E-state index in [0.717, 1.165) is 38.2 Å². The van der Waals surface area contributed by atoms with Gasteiger partial charge in [-0.15, -0.1) is 0 Å². The Hall–Kier alpha value is -2.85. The summed E-state index contributed by atoms with van der Waals surface area (Å²) in [5, 5.41) is 0. The van der Waals surface area contributed by atoms with Crippen molar-refractivity contribution in [3.8, 4) is 16.9 Å². The first-order chi connectivity index (χ1) is 12.3. The minimum Gasteiger partial charge on any atom is -0.283 e. The summed E-state index contributed by atoms with van der Waals surface area (Å²) in [7, 11) is 0. The molecule has 0 aliphatic rings. The van der Waals surface area contributed by atoms with Gasteiger partial charge in [0.1, 0.15) is 0 Å². The molecule has 3 nitrogen and oxygen atoms in total. The summed E-state index contributed by atoms with van der Waals surface area (Å²) in [6, 6.07) is 26.9. The lowest BCUT2D eigenvalue weighted by Crippen LogP contribution is -1.98. The fourth-order valence-corrected chi connectivity index (χ4v) is 3.75. The highest BCUT2D eigenvalue weighted by atomic mass is 79.9. The quantitative estimate of drug-likeness (QED) is 0.380. The Kier molecular flexibility index (Phi) is 3.25. The summed E-state index contributed by atoms with van der Waals surface area (Å²) >= 11 is 3.70. The van der Waals surface area contributed by atoms with E-state index in [1.54, 1.807) is 0 Å². The maximum absolute atomic E-state index is 4.88. The fourth-order valence-electron chi connectivity index (χ4n) is 3.29. The number of aromatic nitrogens is 3. The van der Waals surface area contributed by atoms with Crippen LogP contribution in [0.4, 0.5) is 0 Å². The van der Waals surface area contributed by atoms with Crippen LogP contribution in [-0.2, 0) is 0 Å². The van der Waals surface area contributed by atoms with Crippen molar-refractivity contribution in [2.75, 3.05) is 0 Å². The van der Waals surface area contributed by atoms with Crippen molar-refractivity contribution in [3.05, 3.63) is 89.5 Å². The van der Waals surface area contributed by atoms with E-state index in [-0.39, 0.29) is 0 Å². The van der Waals surface area contributed by atoms with Gasteiger partial charge in [0.2, 0.25) is 5.78 Å². The molecule has 0 aliphatic heterocycles. The molecular weight excluding hydrogens is 374 g/mol. The molecule has 0 saturated carbocycles. The number of hydrogen-bond acceptors (Lipinski definition) is 1. The predicted octanol–water partition coefficient (Wildman–Crippen LogP) is 5.71. The van der Waals surface area contributed by atoms with Gasteiger partial charge >= 0.3 is 0 Å². The lowest BCUT2D eigenvalue weighted by atomic mass is 10.1. The summed E-state index contributed by atoms with van der Waals surface area (Å²) in [6.45, 7) is 0. The van der Waals surface area contributed by atoms with Crippen LogP contribution in [0.2, 0.25) is 0 Å². The van der Waals surface area contributed by atoms with Gasteiger partial charge in [0.05, 0.1) is 22.4 Å². The molecule has 0 spiro atoms. The number of imidazole rings is 2. The van der Waals surface area contributed by atoms with Crippen molar-refractivity contribution in [3.63, 3.8) is 0 Å². The molecule has 3 aromatic carbocycles. The van der Waals surface area contributed by atoms with Gasteiger partial charge in [-0.05, 0) is 40.2 Å². The Bertz CT molecular complexity index is 1200. The lowest BCUT2D eigenvalue weighted by molar-refractivity contribution is 1.08. The molecule has 0 unspecified atom stereocenters. The smallest absolute Gasteiger partial charge is 0.220 e. The summed E-state index contributed by atoms with van der Waals surface area (Å²) in [5.41, 5.74) is 5.46. The highest BCUT2D eigenvalue weighted by molar-refractivity contribution is 9.10. The molecule has 0 aliphatic carbocycles. The lowest BCUT2D eigenvalue weighted by Gasteiger charge is -2.10. The number of fused-ring (bicyclic) bond motifs is 3. The Morgan fingerprint density at radius 1 is 0.760 bits per heavy atom. The van der Waals surface area contributed by atoms with Crippen LogP contribution in [0.25, 0.3) is 33.8 Å². The van der Waals surface area contributed by atoms with E-state index in [1.165, 1.54) is 0 Å². The number of benzene rings is 3. The molecule has 5 aromatic rings. The zero-order chi connectivity index (χ0) is 16.8. The first kappa shape index (κ1) is 14.5. The molecular formula is C21H14BrN3. The molecule has 4 heteroatoms. The second kappa shape index (κ2) is 5.60. The third kappa shape index (κ3) is 2.22. The number of hydrogen-bond donors (Lipinski definition) is 0. The third-order valence-electron chi connectivity index (χ3n) is 4.43. The normalized spacial score (nSPS) is 11.4. The molecule has 120 valence electrons. The van der Waals surface area contributed by atoms with Crippen molar-refractivity contribution < 1.29 is 0 Å². The van der Waals surface area contributed by atoms with Crippen LogP contribution in [-0.4, -0.2) is 14.0 Å². The molecule has 2 aromatic heterocycles. The van der Waals surface area contributed by atoms with Crippen molar-refractivity contribution in [2.24, 2.45) is 0 Å². The highest BCUT2D eigenvalue weighted by Gasteiger charge is 2.17. The van der Waals surface area contributed by atoms with E-state index in [1.807, 2.05) is 24.3 Å². The minimum atomic E-state index is 0.909. The molecule has 0 radical (unpaired) electrons. The van der Waals surface area contributed by atoms with Crippen LogP contribution in [0.5, 0.6) is 0 Å². The van der Waals surface area contributed by atoms with Crippen LogP contribution in [0.15, 0.2) is 89.5 Å². The summed E-state index contributed by atoms with van der Waals surface area (Å²) in [5.74, 6) is 0.909. The van der Waals surface area contributed by atoms with Crippen LogP contribution < -0.4 is 0 Å². The molecule has 0 amide bonds. The zero-order valence-corrected chi connectivity index (χ0v) is 14.9. The summed E-state index contributed by atoms with van der Waals surface area (Å²) in [4.78, 5) is 4.88. The molecule has 5 rings (SSSR count). The molecule has 0 saturated heterocycles. The van der Waals surface area contributed by atoms with Crippen molar-refractivity contribution in [1.29, 1.82) is 0 Å². The van der Waals surface area contributed by atoms with E-state index in [0.29, 0.717) is 0 Å². The van der Waals surface area contributed by atoms with Gasteiger partial charge in [0.25, 0.3) is 0 Å². The van der Waals surface area contributed by atoms with Gasteiger partial charge in [0.15, 0.2) is 0 Å². The molecule has 2 heterocycles. The standard InChI is InChI=1S/C21H14BrN3/c22-16-10-4-6-12-18(16)25-20(15-8-2-1-3-9-15)14-24-19-13-7-5-11-17(19)23-21(24)25/h1-14H. The predicted molar refractivity (Wildman–Crippen MR) is 105 cm³/mol. The van der Waals surface area contributed by atoms with Crippen LogP contribution in [0.1, 0.15) is 0 Å². The molecule has 0 fully saturated rings. The Morgan fingerprint density at radius 2 is 1.48 bits per heavy atom. The van der Waals surface area contributed by atoms with Gasteiger partial charge in [0, 0.05) is 16.2 Å². The zero-order valence-electron chi connectivity index (χ0n) is 13.3. The van der Waals surface area contributed by atoms with Gasteiger partial charge in [-0.3, -0.25) is 8.97 Å². The van der Waals surface area contributed by atoms with Gasteiger partial charge in [-0.1, -0.05) is 54.6 Å². The largest absolute Gasteiger partial charge is 0.283 e. The summed E-state index contributed by atoms with van der Waals surface area (Å²) in [6.07, 6.45) is 2.17. The second-order valence-corrected chi connectivity index (χ2v) is 6.79. The van der Waals surface area contributed by atoms with Gasteiger partial charge in [-0.2, -0.15) is 0 Å². The monoisotopic (exact) mass is 387 g/mol. The summed E-state index contributed by atoms with van der Waals surface area (Å²) < 4.78 is 5.41. The van der Waals surface area contributed by atoms with Crippen molar-refractivity contribution in [1.82, 2.24) is 14.0 Å². The highest BCUT2D eigenvalue weighted by Crippen LogP contribution is 2.32. The fraction of sp³-hybridized carbons (Fsp3) is 0. The molecule has 0 atom stereocenters. The number of nitrogens with zero attached hydrogens (tertiary/aromatic N) is 3. The average Bonchev–Trinajstić information content (AvgIpc) is 3.19. The van der Waals surface area contributed by atoms with Crippen molar-refractivity contribution in [2.45, 2.75) is 0 Å². The molecule has 0 N–H and O–H groups in total. The average molecular weight is 388 g/mol. The number of rotatable bonds is 2. The minimum absolute atomic E-state index is 0.909. The Labute approximate surface area is 153 Å². The second-order valence-electron chi connectivity index (χ2n) is 5.94. The van der Waals surface area contributed by atoms with E-state index < -0.39 is 0 Å². The van der Waals surface area contributed by atoms with Gasteiger partial charge < -0.3 is 0 Å². The Morgan fingerprint density at radius 3 is 2.32 bits per heavy atom. The van der Waals surface area contributed by atoms with Crippen molar-refractivity contribution >= 4 is 32.7 Å². The first-order valence-corrected chi connectivity index (χ1v) is 8.91. The SMILES string of the molecule is Brc1ccccc1-n1c(-c2ccccc2)cn2c3ccccc3nc12. The first-order valence-electron chi connectivity index (χ1n) is 8.12. The Balaban J connectivity index is 1.93. The molecule has 0 bridgehead atoms. The maximum Gasteiger partial charge on any atom is 0.220 e.